The van der Waals surface area contributed by atoms with Crippen LogP contribution >= 0.6 is 0 Å². The minimum Gasteiger partial charge on any atom is -0.372 e. The van der Waals surface area contributed by atoms with E-state index >= 15 is 0 Å². The molecule has 0 radical (unpaired) electrons. The maximum absolute atomic E-state index is 14.7. The number of nitrogens with zero attached hydrogens (tertiary/aromatic N) is 2. The second kappa shape index (κ2) is 8.15. The van der Waals surface area contributed by atoms with Gasteiger partial charge in [0.15, 0.2) is 0 Å². The molecule has 1 aliphatic rings. The van der Waals surface area contributed by atoms with Crippen LogP contribution in [0.3, 0.4) is 0 Å². The Labute approximate surface area is 172 Å². The van der Waals surface area contributed by atoms with Crippen LogP contribution in [0.2, 0.25) is 0 Å². The van der Waals surface area contributed by atoms with E-state index in [9.17, 15) is 27.3 Å². The number of rotatable bonds is 5. The van der Waals surface area contributed by atoms with Gasteiger partial charge in [-0.2, -0.15) is 0 Å². The molecule has 1 aliphatic heterocycles. The molecule has 8 nitrogen and oxygen atoms in total. The lowest BCUT2D eigenvalue weighted by Gasteiger charge is -2.37. The largest absolute Gasteiger partial charge is 0.372 e. The molecule has 30 heavy (non-hydrogen) atoms. The van der Waals surface area contributed by atoms with Crippen LogP contribution in [0.15, 0.2) is 35.2 Å². The van der Waals surface area contributed by atoms with Crippen LogP contribution in [-0.2, 0) is 14.8 Å². The third-order valence-electron chi connectivity index (χ3n) is 4.67. The van der Waals surface area contributed by atoms with Gasteiger partial charge in [-0.15, -0.1) is 0 Å². The molecule has 0 saturated carbocycles. The molecule has 1 heterocycles. The first-order chi connectivity index (χ1) is 14.0. The number of benzene rings is 2. The lowest BCUT2D eigenvalue weighted by atomic mass is 10.2. The van der Waals surface area contributed by atoms with E-state index in [0.29, 0.717) is 19.2 Å². The van der Waals surface area contributed by atoms with E-state index in [1.807, 2.05) is 13.8 Å². The number of aryl methyl sites for hydroxylation is 1. The maximum Gasteiger partial charge on any atom is 0.271 e. The molecule has 2 aromatic rings. The van der Waals surface area contributed by atoms with Crippen molar-refractivity contribution in [3.8, 4) is 0 Å². The lowest BCUT2D eigenvalue weighted by Crippen LogP contribution is -2.45. The smallest absolute Gasteiger partial charge is 0.271 e. The van der Waals surface area contributed by atoms with Crippen LogP contribution in [0, 0.1) is 28.7 Å². The molecule has 0 aromatic heterocycles. The summed E-state index contributed by atoms with van der Waals surface area (Å²) in [4.78, 5) is 11.1. The number of nitrogens with one attached hydrogen (secondary N) is 1. The summed E-state index contributed by atoms with van der Waals surface area (Å²) in [6.07, 6.45) is -0.183. The second-order valence-electron chi connectivity index (χ2n) is 7.27. The summed E-state index contributed by atoms with van der Waals surface area (Å²) in [5.41, 5.74) is -0.598. The minimum atomic E-state index is -4.52. The SMILES string of the molecule is Cc1cc([N+](=O)[O-])cc(S(=O)(=O)Nc2ccc(N3C[C@H](C)O[C@@H](C)C3)c(F)c2)c1F. The fourth-order valence-corrected chi connectivity index (χ4v) is 4.65. The van der Waals surface area contributed by atoms with Gasteiger partial charge in [0.1, 0.15) is 16.5 Å². The van der Waals surface area contributed by atoms with Gasteiger partial charge in [0.05, 0.1) is 28.5 Å². The molecule has 0 aliphatic carbocycles. The predicted molar refractivity (Wildman–Crippen MR) is 107 cm³/mol. The van der Waals surface area contributed by atoms with Gasteiger partial charge >= 0.3 is 0 Å². The molecule has 162 valence electrons. The van der Waals surface area contributed by atoms with Gasteiger partial charge in [-0.05, 0) is 38.5 Å². The van der Waals surface area contributed by atoms with Crippen LogP contribution in [0.1, 0.15) is 19.4 Å². The van der Waals surface area contributed by atoms with Crippen molar-refractivity contribution in [3.05, 3.63) is 57.6 Å². The topological polar surface area (TPSA) is 102 Å². The van der Waals surface area contributed by atoms with Crippen LogP contribution in [0.5, 0.6) is 0 Å². The molecule has 0 amide bonds. The lowest BCUT2D eigenvalue weighted by molar-refractivity contribution is -0.385. The Balaban J connectivity index is 1.90. The standard InChI is InChI=1S/C19H21F2N3O5S/c1-11-6-15(24(25)26)8-18(19(11)21)30(27,28)22-14-4-5-17(16(20)7-14)23-9-12(2)29-13(3)10-23/h4-8,12-13,22H,9-10H2,1-3H3/t12-,13-/m0/s1. The number of nitro benzene ring substituents is 1. The van der Waals surface area contributed by atoms with Gasteiger partial charge in [0.25, 0.3) is 15.7 Å². The Bertz CT molecular complexity index is 1080. The van der Waals surface area contributed by atoms with E-state index in [2.05, 4.69) is 4.72 Å². The molecule has 11 heteroatoms. The fourth-order valence-electron chi connectivity index (χ4n) is 3.43. The average Bonchev–Trinajstić information content (AvgIpc) is 2.62. The van der Waals surface area contributed by atoms with E-state index in [-0.39, 0.29) is 29.1 Å². The summed E-state index contributed by atoms with van der Waals surface area (Å²) in [6.45, 7) is 5.92. The number of hydrogen-bond donors (Lipinski definition) is 1. The average molecular weight is 441 g/mol. The highest BCUT2D eigenvalue weighted by Crippen LogP contribution is 2.29. The van der Waals surface area contributed by atoms with Crippen molar-refractivity contribution in [2.75, 3.05) is 22.7 Å². The number of non-ortho nitro benzene ring substituents is 1. The Morgan fingerprint density at radius 2 is 1.80 bits per heavy atom. The number of sulfonamides is 1. The van der Waals surface area contributed by atoms with Gasteiger partial charge in [0.2, 0.25) is 0 Å². The molecule has 1 fully saturated rings. The van der Waals surface area contributed by atoms with Crippen molar-refractivity contribution in [2.24, 2.45) is 0 Å². The first-order valence-corrected chi connectivity index (χ1v) is 10.6. The molecule has 0 unspecified atom stereocenters. The summed E-state index contributed by atoms with van der Waals surface area (Å²) in [6, 6.07) is 5.33. The molecule has 2 aromatic carbocycles. The molecular weight excluding hydrogens is 420 g/mol. The summed E-state index contributed by atoms with van der Waals surface area (Å²) < 4.78 is 62.0. The summed E-state index contributed by atoms with van der Waals surface area (Å²) >= 11 is 0. The first-order valence-electron chi connectivity index (χ1n) is 9.15. The van der Waals surface area contributed by atoms with Crippen molar-refractivity contribution >= 4 is 27.1 Å². The van der Waals surface area contributed by atoms with Gasteiger partial charge < -0.3 is 9.64 Å². The minimum absolute atomic E-state index is 0.0913. The molecule has 1 N–H and O–H groups in total. The van der Waals surface area contributed by atoms with Crippen molar-refractivity contribution in [3.63, 3.8) is 0 Å². The zero-order valence-corrected chi connectivity index (χ0v) is 17.4. The van der Waals surface area contributed by atoms with Crippen molar-refractivity contribution in [2.45, 2.75) is 37.9 Å². The Kier molecular flexibility index (Phi) is 5.95. The van der Waals surface area contributed by atoms with Crippen molar-refractivity contribution < 1.29 is 26.9 Å². The number of ether oxygens (including phenoxy) is 1. The summed E-state index contributed by atoms with van der Waals surface area (Å²) in [5.74, 6) is -1.77. The van der Waals surface area contributed by atoms with E-state index in [1.54, 1.807) is 4.90 Å². The third kappa shape index (κ3) is 4.51. The fraction of sp³-hybridized carbons (Fsp3) is 0.368. The van der Waals surface area contributed by atoms with Gasteiger partial charge in [-0.1, -0.05) is 0 Å². The number of nitro groups is 1. The van der Waals surface area contributed by atoms with E-state index in [1.165, 1.54) is 19.1 Å². The van der Waals surface area contributed by atoms with Crippen LogP contribution in [0.25, 0.3) is 0 Å². The number of morpholine rings is 1. The molecule has 0 spiro atoms. The Morgan fingerprint density at radius 1 is 1.17 bits per heavy atom. The normalized spacial score (nSPS) is 19.6. The van der Waals surface area contributed by atoms with Crippen molar-refractivity contribution in [1.82, 2.24) is 0 Å². The van der Waals surface area contributed by atoms with Crippen molar-refractivity contribution in [1.29, 1.82) is 0 Å². The first kappa shape index (κ1) is 21.9. The highest BCUT2D eigenvalue weighted by Gasteiger charge is 2.27. The highest BCUT2D eigenvalue weighted by molar-refractivity contribution is 7.92. The summed E-state index contributed by atoms with van der Waals surface area (Å²) in [5, 5.41) is 11.0. The summed E-state index contributed by atoms with van der Waals surface area (Å²) in [7, 11) is -4.52. The molecular formula is C19H21F2N3O5S. The Hall–Kier alpha value is -2.79. The quantitative estimate of drug-likeness (QED) is 0.562. The van der Waals surface area contributed by atoms with E-state index in [4.69, 9.17) is 4.74 Å². The van der Waals surface area contributed by atoms with Crippen LogP contribution < -0.4 is 9.62 Å². The number of hydrogen-bond acceptors (Lipinski definition) is 6. The van der Waals surface area contributed by atoms with Crippen LogP contribution in [-0.4, -0.2) is 38.6 Å². The number of halogens is 2. The molecule has 2 atom stereocenters. The molecule has 3 rings (SSSR count). The van der Waals surface area contributed by atoms with Gasteiger partial charge in [-0.3, -0.25) is 14.8 Å². The highest BCUT2D eigenvalue weighted by atomic mass is 32.2. The van der Waals surface area contributed by atoms with Gasteiger partial charge in [-0.25, -0.2) is 17.2 Å². The predicted octanol–water partition coefficient (Wildman–Crippen LogP) is 3.60. The Morgan fingerprint density at radius 3 is 2.37 bits per heavy atom. The second-order valence-corrected chi connectivity index (χ2v) is 8.92. The van der Waals surface area contributed by atoms with E-state index < -0.39 is 37.2 Å². The maximum atomic E-state index is 14.7. The molecule has 0 bridgehead atoms. The number of anilines is 2. The van der Waals surface area contributed by atoms with Crippen LogP contribution in [0.4, 0.5) is 25.8 Å². The molecule has 1 saturated heterocycles. The zero-order valence-electron chi connectivity index (χ0n) is 16.6. The van der Waals surface area contributed by atoms with E-state index in [0.717, 1.165) is 12.1 Å². The third-order valence-corrected chi connectivity index (χ3v) is 6.05. The van der Waals surface area contributed by atoms with Gasteiger partial charge in [0, 0.05) is 31.3 Å². The zero-order chi connectivity index (χ0) is 22.2. The monoisotopic (exact) mass is 441 g/mol.